The first kappa shape index (κ1) is 55.9. The lowest BCUT2D eigenvalue weighted by Gasteiger charge is -2.27. The lowest BCUT2D eigenvalue weighted by atomic mass is 10.0. The molecule has 5 amide bonds. The summed E-state index contributed by atoms with van der Waals surface area (Å²) in [5.74, 6) is -1.97. The molecule has 2 aliphatic rings. The zero-order valence-corrected chi connectivity index (χ0v) is 39.1. The number of nitrogen functional groups attached to an aromatic ring is 1. The Morgan fingerprint density at radius 3 is 1.44 bits per heavy atom. The minimum atomic E-state index is -1.08. The lowest BCUT2D eigenvalue weighted by Crippen LogP contribution is -2.54. The number of rotatable bonds is 42. The summed E-state index contributed by atoms with van der Waals surface area (Å²) in [5, 5.41) is 4.91. The third-order valence-electron chi connectivity index (χ3n) is 10.0. The van der Waals surface area contributed by atoms with E-state index in [1.165, 1.54) is 6.07 Å². The number of nitrogens with one attached hydrogen (secondary N) is 2. The molecule has 0 aromatic heterocycles. The Morgan fingerprint density at radius 2 is 0.985 bits per heavy atom. The molecule has 0 bridgehead atoms. The van der Waals surface area contributed by atoms with Crippen molar-refractivity contribution in [2.45, 2.75) is 44.6 Å². The molecule has 68 heavy (non-hydrogen) atoms. The van der Waals surface area contributed by atoms with Gasteiger partial charge in [-0.15, -0.1) is 0 Å². The number of amides is 5. The molecule has 380 valence electrons. The molecular formula is C47H70N4O17. The number of carbonyl (C=O) groups is 5. The van der Waals surface area contributed by atoms with Gasteiger partial charge in [-0.05, 0) is 55.7 Å². The smallest absolute Gasteiger partial charge is 0.264 e. The number of ether oxygens (including phenoxy) is 12. The molecule has 1 fully saturated rings. The summed E-state index contributed by atoms with van der Waals surface area (Å²) in [4.78, 5) is 63.6. The lowest BCUT2D eigenvalue weighted by molar-refractivity contribution is -0.136. The number of piperidine rings is 1. The number of fused-ring (bicyclic) bond motifs is 1. The Labute approximate surface area is 398 Å². The molecular weight excluding hydrogens is 893 g/mol. The fourth-order valence-corrected chi connectivity index (χ4v) is 6.58. The maximum atomic E-state index is 13.2. The normalized spacial score (nSPS) is 14.7. The van der Waals surface area contributed by atoms with Crippen LogP contribution < -0.4 is 21.1 Å². The molecule has 0 radical (unpaired) electrons. The van der Waals surface area contributed by atoms with Crippen molar-refractivity contribution < 1.29 is 80.8 Å². The highest BCUT2D eigenvalue weighted by molar-refractivity contribution is 6.26. The van der Waals surface area contributed by atoms with E-state index in [0.29, 0.717) is 164 Å². The van der Waals surface area contributed by atoms with Crippen molar-refractivity contribution in [3.05, 3.63) is 53.6 Å². The Bertz CT molecular complexity index is 1750. The maximum absolute atomic E-state index is 13.2. The number of hydrogen-bond acceptors (Lipinski definition) is 18. The molecule has 2 aromatic carbocycles. The molecule has 0 spiro atoms. The van der Waals surface area contributed by atoms with Crippen LogP contribution in [0.1, 0.15) is 59.2 Å². The summed E-state index contributed by atoms with van der Waals surface area (Å²) < 4.78 is 66.2. The number of unbranched alkanes of at least 4 members (excludes halogenated alkanes) is 2. The van der Waals surface area contributed by atoms with Crippen LogP contribution >= 0.6 is 0 Å². The Balaban J connectivity index is 0.793. The Kier molecular flexibility index (Phi) is 29.2. The van der Waals surface area contributed by atoms with Gasteiger partial charge in [-0.1, -0.05) is 12.5 Å². The van der Waals surface area contributed by atoms with E-state index in [0.717, 1.165) is 23.5 Å². The van der Waals surface area contributed by atoms with E-state index in [1.807, 2.05) is 12.1 Å². The molecule has 4 rings (SSSR count). The van der Waals surface area contributed by atoms with Crippen LogP contribution in [-0.2, 0) is 66.5 Å². The van der Waals surface area contributed by atoms with Crippen molar-refractivity contribution in [2.75, 3.05) is 163 Å². The van der Waals surface area contributed by atoms with Gasteiger partial charge in [0, 0.05) is 25.1 Å². The van der Waals surface area contributed by atoms with Gasteiger partial charge in [0.15, 0.2) is 0 Å². The van der Waals surface area contributed by atoms with Crippen LogP contribution in [0.2, 0.25) is 0 Å². The quantitative estimate of drug-likeness (QED) is 0.0491. The largest absolute Gasteiger partial charge is 0.491 e. The van der Waals surface area contributed by atoms with Gasteiger partial charge in [-0.3, -0.25) is 34.2 Å². The second-order valence-corrected chi connectivity index (χ2v) is 15.2. The molecule has 2 aliphatic heterocycles. The highest BCUT2D eigenvalue weighted by Gasteiger charge is 2.45. The van der Waals surface area contributed by atoms with Crippen molar-refractivity contribution in [3.8, 4) is 5.75 Å². The molecule has 2 aromatic rings. The molecule has 21 nitrogen and oxygen atoms in total. The SMILES string of the molecule is Nc1ccc(OCCOCCOCCOCCOCCOCCOCCOCCOCCOCCOCCOCCCCCC(=O)Nc2cccc3c2C(=O)N(C2CCC(=O)NC2=O)C3=O)cc1. The average Bonchev–Trinajstić information content (AvgIpc) is 3.59. The number of carbonyl (C=O) groups excluding carboxylic acids is 5. The molecule has 1 saturated heterocycles. The van der Waals surface area contributed by atoms with E-state index >= 15 is 0 Å². The number of nitrogens with zero attached hydrogens (tertiary/aromatic N) is 1. The second-order valence-electron chi connectivity index (χ2n) is 15.2. The van der Waals surface area contributed by atoms with Crippen molar-refractivity contribution in [2.24, 2.45) is 0 Å². The molecule has 0 aliphatic carbocycles. The third-order valence-corrected chi connectivity index (χ3v) is 10.0. The van der Waals surface area contributed by atoms with Gasteiger partial charge in [0.25, 0.3) is 11.8 Å². The maximum Gasteiger partial charge on any atom is 0.264 e. The van der Waals surface area contributed by atoms with Crippen LogP contribution in [0.15, 0.2) is 42.5 Å². The number of anilines is 2. The molecule has 1 unspecified atom stereocenters. The summed E-state index contributed by atoms with van der Waals surface area (Å²) in [6.07, 6.45) is 2.43. The van der Waals surface area contributed by atoms with Gasteiger partial charge in [-0.2, -0.15) is 0 Å². The number of nitrogens with two attached hydrogens (primary N) is 1. The van der Waals surface area contributed by atoms with Gasteiger partial charge < -0.3 is 67.9 Å². The van der Waals surface area contributed by atoms with Crippen LogP contribution in [0, 0.1) is 0 Å². The highest BCUT2D eigenvalue weighted by Crippen LogP contribution is 2.32. The fourth-order valence-electron chi connectivity index (χ4n) is 6.58. The zero-order valence-electron chi connectivity index (χ0n) is 39.1. The highest BCUT2D eigenvalue weighted by atomic mass is 16.6. The summed E-state index contributed by atoms with van der Waals surface area (Å²) in [5.41, 5.74) is 6.72. The fraction of sp³-hybridized carbons (Fsp3) is 0.638. The monoisotopic (exact) mass is 962 g/mol. The van der Waals surface area contributed by atoms with E-state index in [4.69, 9.17) is 62.6 Å². The van der Waals surface area contributed by atoms with Gasteiger partial charge in [-0.25, -0.2) is 0 Å². The van der Waals surface area contributed by atoms with Crippen LogP contribution in [0.25, 0.3) is 0 Å². The van der Waals surface area contributed by atoms with Crippen LogP contribution in [-0.4, -0.2) is 192 Å². The minimum absolute atomic E-state index is 0.0254. The molecule has 21 heteroatoms. The predicted octanol–water partition coefficient (Wildman–Crippen LogP) is 2.43. The van der Waals surface area contributed by atoms with Gasteiger partial charge in [0.1, 0.15) is 18.4 Å². The van der Waals surface area contributed by atoms with Crippen LogP contribution in [0.5, 0.6) is 5.75 Å². The number of imide groups is 2. The number of benzene rings is 2. The van der Waals surface area contributed by atoms with Crippen molar-refractivity contribution in [1.29, 1.82) is 0 Å². The molecule has 1 atom stereocenters. The van der Waals surface area contributed by atoms with E-state index in [-0.39, 0.29) is 42.0 Å². The minimum Gasteiger partial charge on any atom is -0.491 e. The summed E-state index contributed by atoms with van der Waals surface area (Å²) >= 11 is 0. The van der Waals surface area contributed by atoms with Gasteiger partial charge in [0.2, 0.25) is 17.7 Å². The molecule has 4 N–H and O–H groups in total. The topological polar surface area (TPSA) is 249 Å². The Hall–Kier alpha value is -4.65. The van der Waals surface area contributed by atoms with E-state index in [2.05, 4.69) is 10.6 Å². The summed E-state index contributed by atoms with van der Waals surface area (Å²) in [6.45, 7) is 10.8. The van der Waals surface area contributed by atoms with Crippen molar-refractivity contribution in [1.82, 2.24) is 10.2 Å². The zero-order chi connectivity index (χ0) is 48.3. The summed E-state index contributed by atoms with van der Waals surface area (Å²) in [7, 11) is 0. The molecule has 2 heterocycles. The Morgan fingerprint density at radius 1 is 0.544 bits per heavy atom. The molecule has 0 saturated carbocycles. The van der Waals surface area contributed by atoms with Crippen molar-refractivity contribution in [3.63, 3.8) is 0 Å². The van der Waals surface area contributed by atoms with E-state index in [1.54, 1.807) is 24.3 Å². The second kappa shape index (κ2) is 35.5. The van der Waals surface area contributed by atoms with E-state index in [9.17, 15) is 24.0 Å². The predicted molar refractivity (Wildman–Crippen MR) is 246 cm³/mol. The summed E-state index contributed by atoms with van der Waals surface area (Å²) in [6, 6.07) is 10.8. The van der Waals surface area contributed by atoms with Gasteiger partial charge in [0.05, 0.1) is 156 Å². The van der Waals surface area contributed by atoms with Crippen molar-refractivity contribution >= 4 is 40.9 Å². The third kappa shape index (κ3) is 23.1. The first-order valence-electron chi connectivity index (χ1n) is 23.3. The standard InChI is InChI=1S/C47H70N4O17/c48-37-8-10-38(11-9-37)68-36-35-67-34-33-66-32-31-65-30-29-64-28-27-63-26-25-62-24-23-61-22-21-60-20-19-59-18-17-58-16-15-57-14-3-1-2-7-42(52)49-40-6-4-5-39-44(40)47(56)51(46(39)55)41-12-13-43(53)50-45(41)54/h4-6,8-11,41H,1-3,7,12-36,48H2,(H,49,52)(H,50,53,54). The van der Waals surface area contributed by atoms with Crippen LogP contribution in [0.3, 0.4) is 0 Å². The number of hydrogen-bond donors (Lipinski definition) is 3. The van der Waals surface area contributed by atoms with E-state index < -0.39 is 29.7 Å². The average molecular weight is 963 g/mol. The van der Waals surface area contributed by atoms with Crippen LogP contribution in [0.4, 0.5) is 11.4 Å². The first-order valence-corrected chi connectivity index (χ1v) is 23.3. The van der Waals surface area contributed by atoms with Gasteiger partial charge >= 0.3 is 0 Å². The first-order chi connectivity index (χ1) is 33.3.